The molecule has 0 bridgehead atoms. The van der Waals surface area contributed by atoms with Crippen molar-refractivity contribution in [3.63, 3.8) is 0 Å². The summed E-state index contributed by atoms with van der Waals surface area (Å²) in [6.45, 7) is 4.92. The van der Waals surface area contributed by atoms with Crippen LogP contribution in [0.15, 0.2) is 12.1 Å². The van der Waals surface area contributed by atoms with Crippen LogP contribution in [0.3, 0.4) is 0 Å². The van der Waals surface area contributed by atoms with Gasteiger partial charge in [0, 0.05) is 10.4 Å². The Bertz CT molecular complexity index is 521. The standard InChI is InChI=1S/C13H15Cl2NO3/c1-13(2,3)10(17)6-19-12(18)8-4-7(14)5-9(15)11(8)16/h4-5H,6,16H2,1-3H3. The van der Waals surface area contributed by atoms with Crippen molar-refractivity contribution in [2.75, 3.05) is 12.3 Å². The highest BCUT2D eigenvalue weighted by Crippen LogP contribution is 2.28. The van der Waals surface area contributed by atoms with Gasteiger partial charge in [0.25, 0.3) is 0 Å². The highest BCUT2D eigenvalue weighted by molar-refractivity contribution is 6.37. The topological polar surface area (TPSA) is 69.4 Å². The maximum Gasteiger partial charge on any atom is 0.340 e. The molecule has 0 radical (unpaired) electrons. The number of esters is 1. The molecule has 2 N–H and O–H groups in total. The fraction of sp³-hybridized carbons (Fsp3) is 0.385. The van der Waals surface area contributed by atoms with Gasteiger partial charge in [-0.25, -0.2) is 4.79 Å². The van der Waals surface area contributed by atoms with Gasteiger partial charge in [-0.15, -0.1) is 0 Å². The van der Waals surface area contributed by atoms with Crippen molar-refractivity contribution in [2.45, 2.75) is 20.8 Å². The summed E-state index contributed by atoms with van der Waals surface area (Å²) in [5.41, 5.74) is 5.23. The van der Waals surface area contributed by atoms with Gasteiger partial charge in [0.1, 0.15) is 0 Å². The third-order valence-corrected chi connectivity index (χ3v) is 3.02. The molecule has 1 rings (SSSR count). The van der Waals surface area contributed by atoms with Crippen LogP contribution >= 0.6 is 23.2 Å². The Morgan fingerprint density at radius 2 is 1.84 bits per heavy atom. The number of carbonyl (C=O) groups is 2. The van der Waals surface area contributed by atoms with E-state index in [2.05, 4.69) is 0 Å². The Hall–Kier alpha value is -1.26. The smallest absolute Gasteiger partial charge is 0.340 e. The van der Waals surface area contributed by atoms with Crippen molar-refractivity contribution in [3.8, 4) is 0 Å². The second-order valence-corrected chi connectivity index (χ2v) is 5.94. The zero-order valence-electron chi connectivity index (χ0n) is 10.9. The van der Waals surface area contributed by atoms with Gasteiger partial charge in [-0.3, -0.25) is 4.79 Å². The summed E-state index contributed by atoms with van der Waals surface area (Å²) in [6.07, 6.45) is 0. The number of ketones is 1. The number of nitrogens with two attached hydrogens (primary N) is 1. The van der Waals surface area contributed by atoms with E-state index in [1.165, 1.54) is 12.1 Å². The van der Waals surface area contributed by atoms with E-state index >= 15 is 0 Å². The number of hydrogen-bond donors (Lipinski definition) is 1. The highest BCUT2D eigenvalue weighted by Gasteiger charge is 2.23. The number of benzene rings is 1. The van der Waals surface area contributed by atoms with Crippen LogP contribution in [0.5, 0.6) is 0 Å². The normalized spacial score (nSPS) is 11.2. The highest BCUT2D eigenvalue weighted by atomic mass is 35.5. The largest absolute Gasteiger partial charge is 0.454 e. The average molecular weight is 304 g/mol. The third kappa shape index (κ3) is 4.11. The van der Waals surface area contributed by atoms with Crippen LogP contribution in [0.1, 0.15) is 31.1 Å². The Labute approximate surface area is 121 Å². The molecular weight excluding hydrogens is 289 g/mol. The van der Waals surface area contributed by atoms with Gasteiger partial charge in [0.2, 0.25) is 0 Å². The molecule has 0 aliphatic rings. The maximum atomic E-state index is 11.8. The maximum absolute atomic E-state index is 11.8. The van der Waals surface area contributed by atoms with Crippen LogP contribution in [0.25, 0.3) is 0 Å². The van der Waals surface area contributed by atoms with E-state index in [0.717, 1.165) is 0 Å². The van der Waals surface area contributed by atoms with Crippen LogP contribution in [-0.2, 0) is 9.53 Å². The van der Waals surface area contributed by atoms with Crippen molar-refractivity contribution in [1.29, 1.82) is 0 Å². The summed E-state index contributed by atoms with van der Waals surface area (Å²) < 4.78 is 4.92. The van der Waals surface area contributed by atoms with Crippen LogP contribution in [0.2, 0.25) is 10.0 Å². The quantitative estimate of drug-likeness (QED) is 0.687. The number of nitrogen functional groups attached to an aromatic ring is 1. The fourth-order valence-corrected chi connectivity index (χ4v) is 1.67. The summed E-state index contributed by atoms with van der Waals surface area (Å²) in [5, 5.41) is 0.440. The van der Waals surface area contributed by atoms with E-state index in [0.29, 0.717) is 0 Å². The van der Waals surface area contributed by atoms with Gasteiger partial charge >= 0.3 is 5.97 Å². The van der Waals surface area contributed by atoms with E-state index in [9.17, 15) is 9.59 Å². The molecule has 104 valence electrons. The monoisotopic (exact) mass is 303 g/mol. The van der Waals surface area contributed by atoms with Gasteiger partial charge in [-0.1, -0.05) is 44.0 Å². The van der Waals surface area contributed by atoms with Crippen molar-refractivity contribution in [1.82, 2.24) is 0 Å². The first kappa shape index (κ1) is 15.8. The molecule has 0 amide bonds. The Balaban J connectivity index is 2.83. The molecule has 0 spiro atoms. The number of rotatable bonds is 3. The molecule has 0 fully saturated rings. The molecule has 19 heavy (non-hydrogen) atoms. The average Bonchev–Trinajstić information content (AvgIpc) is 2.28. The van der Waals surface area contributed by atoms with Crippen molar-refractivity contribution in [3.05, 3.63) is 27.7 Å². The number of ether oxygens (including phenoxy) is 1. The van der Waals surface area contributed by atoms with E-state index < -0.39 is 11.4 Å². The van der Waals surface area contributed by atoms with Gasteiger partial charge < -0.3 is 10.5 Å². The predicted molar refractivity (Wildman–Crippen MR) is 75.6 cm³/mol. The molecular formula is C13H15Cl2NO3. The number of carbonyl (C=O) groups excluding carboxylic acids is 2. The third-order valence-electron chi connectivity index (χ3n) is 2.49. The predicted octanol–water partition coefficient (Wildman–Crippen LogP) is 3.35. The van der Waals surface area contributed by atoms with Gasteiger partial charge in [-0.05, 0) is 12.1 Å². The lowest BCUT2D eigenvalue weighted by Gasteiger charge is -2.16. The molecule has 0 aromatic heterocycles. The molecule has 1 aromatic rings. The molecule has 0 atom stereocenters. The minimum Gasteiger partial charge on any atom is -0.454 e. The molecule has 0 aliphatic heterocycles. The van der Waals surface area contributed by atoms with Crippen molar-refractivity contribution >= 4 is 40.6 Å². The van der Waals surface area contributed by atoms with E-state index in [-0.39, 0.29) is 33.7 Å². The lowest BCUT2D eigenvalue weighted by atomic mass is 9.91. The lowest BCUT2D eigenvalue weighted by Crippen LogP contribution is -2.26. The van der Waals surface area contributed by atoms with E-state index in [1.54, 1.807) is 20.8 Å². The minimum atomic E-state index is -0.723. The number of Topliss-reactive ketones (excluding diaryl/α,β-unsaturated/α-hetero) is 1. The zero-order chi connectivity index (χ0) is 14.8. The second-order valence-electron chi connectivity index (χ2n) is 5.10. The Kier molecular flexibility index (Phi) is 4.82. The molecule has 0 heterocycles. The summed E-state index contributed by atoms with van der Waals surface area (Å²) in [4.78, 5) is 23.5. The van der Waals surface area contributed by atoms with Gasteiger partial charge in [0.05, 0.1) is 16.3 Å². The van der Waals surface area contributed by atoms with Crippen LogP contribution in [0, 0.1) is 5.41 Å². The van der Waals surface area contributed by atoms with Crippen molar-refractivity contribution < 1.29 is 14.3 Å². The summed E-state index contributed by atoms with van der Waals surface area (Å²) in [6, 6.07) is 2.78. The number of halogens is 2. The SMILES string of the molecule is CC(C)(C)C(=O)COC(=O)c1cc(Cl)cc(Cl)c1N. The fourth-order valence-electron chi connectivity index (χ4n) is 1.18. The van der Waals surface area contributed by atoms with Gasteiger partial charge in [0.15, 0.2) is 12.4 Å². The first-order chi connectivity index (χ1) is 8.62. The first-order valence-corrected chi connectivity index (χ1v) is 6.33. The molecule has 0 aliphatic carbocycles. The molecule has 1 aromatic carbocycles. The Morgan fingerprint density at radius 3 is 2.37 bits per heavy atom. The molecule has 6 heteroatoms. The Morgan fingerprint density at radius 1 is 1.26 bits per heavy atom. The minimum absolute atomic E-state index is 0.0548. The summed E-state index contributed by atoms with van der Waals surface area (Å²) in [7, 11) is 0. The molecule has 0 saturated carbocycles. The zero-order valence-corrected chi connectivity index (χ0v) is 12.4. The summed E-state index contributed by atoms with van der Waals surface area (Å²) in [5.74, 6) is -0.910. The lowest BCUT2D eigenvalue weighted by molar-refractivity contribution is -0.129. The van der Waals surface area contributed by atoms with Crippen LogP contribution < -0.4 is 5.73 Å². The van der Waals surface area contributed by atoms with E-state index in [1.807, 2.05) is 0 Å². The summed E-state index contributed by atoms with van der Waals surface area (Å²) >= 11 is 11.6. The number of anilines is 1. The second kappa shape index (κ2) is 5.80. The first-order valence-electron chi connectivity index (χ1n) is 5.58. The molecule has 4 nitrogen and oxygen atoms in total. The number of hydrogen-bond acceptors (Lipinski definition) is 4. The van der Waals surface area contributed by atoms with Crippen LogP contribution in [0.4, 0.5) is 5.69 Å². The van der Waals surface area contributed by atoms with Crippen LogP contribution in [-0.4, -0.2) is 18.4 Å². The molecule has 0 unspecified atom stereocenters. The van der Waals surface area contributed by atoms with Crippen molar-refractivity contribution in [2.24, 2.45) is 5.41 Å². The van der Waals surface area contributed by atoms with Gasteiger partial charge in [-0.2, -0.15) is 0 Å². The van der Waals surface area contributed by atoms with E-state index in [4.69, 9.17) is 33.7 Å². The molecule has 0 saturated heterocycles.